The quantitative estimate of drug-likeness (QED) is 0.151. The number of hydrogen-bond acceptors (Lipinski definition) is 10. The molecule has 2 rings (SSSR count). The molecule has 0 aliphatic carbocycles. The van der Waals surface area contributed by atoms with Crippen molar-refractivity contribution < 1.29 is 56.0 Å². The lowest BCUT2D eigenvalue weighted by atomic mass is 9.86. The normalized spacial score (nSPS) is 21.1. The number of hydrogen-bond donors (Lipinski definition) is 1. The zero-order chi connectivity index (χ0) is 32.7. The number of aromatic nitrogens is 1. The van der Waals surface area contributed by atoms with Crippen LogP contribution in [0.4, 0.5) is 13.2 Å². The number of carbonyl (C=O) groups is 3. The van der Waals surface area contributed by atoms with Crippen molar-refractivity contribution in [3.05, 3.63) is 18.0 Å². The SMILES string of the molecule is CCOCC(=O)OCOc1c(OC)ccnc1C(=O)NC1CCCC(CCC(C)C)C(OCCCC(F)(F)F)C(C)OC1=O. The third-order valence-electron chi connectivity index (χ3n) is 7.07. The second kappa shape index (κ2) is 18.6. The minimum Gasteiger partial charge on any atom is -0.493 e. The summed E-state index contributed by atoms with van der Waals surface area (Å²) in [4.78, 5) is 42.4. The van der Waals surface area contributed by atoms with E-state index in [0.717, 1.165) is 12.8 Å². The van der Waals surface area contributed by atoms with E-state index in [9.17, 15) is 27.6 Å². The van der Waals surface area contributed by atoms with Gasteiger partial charge < -0.3 is 33.7 Å². The largest absolute Gasteiger partial charge is 0.493 e. The summed E-state index contributed by atoms with van der Waals surface area (Å²) in [6.07, 6.45) is -2.42. The Bertz CT molecular complexity index is 1060. The fourth-order valence-corrected chi connectivity index (χ4v) is 4.83. The highest BCUT2D eigenvalue weighted by molar-refractivity contribution is 5.98. The molecule has 0 radical (unpaired) electrons. The molecule has 0 aromatic carbocycles. The summed E-state index contributed by atoms with van der Waals surface area (Å²) in [7, 11) is 1.36. The number of nitrogens with one attached hydrogen (secondary N) is 1. The van der Waals surface area contributed by atoms with Crippen LogP contribution in [0.3, 0.4) is 0 Å². The standard InChI is InChI=1S/C30H45F3N2O9/c1-6-40-17-24(36)42-18-43-27-23(39-5)13-15-34-25(27)28(37)35-22-10-7-9-21(12-11-19(2)3)26(20(4)44-29(22)38)41-16-8-14-30(31,32)33/h13,15,19-22,26H,6-12,14,16-18H2,1-5H3,(H,35,37). The molecule has 0 saturated carbocycles. The first kappa shape index (κ1) is 37.1. The van der Waals surface area contributed by atoms with Gasteiger partial charge in [-0.05, 0) is 51.4 Å². The molecule has 1 fully saturated rings. The molecule has 1 aromatic rings. The van der Waals surface area contributed by atoms with Gasteiger partial charge in [-0.15, -0.1) is 0 Å². The maximum absolute atomic E-state index is 13.4. The molecule has 14 heteroatoms. The van der Waals surface area contributed by atoms with Gasteiger partial charge in [0.05, 0.1) is 13.2 Å². The number of esters is 2. The van der Waals surface area contributed by atoms with Crippen molar-refractivity contribution in [3.63, 3.8) is 0 Å². The number of rotatable bonds is 16. The highest BCUT2D eigenvalue weighted by atomic mass is 19.4. The number of amides is 1. The Morgan fingerprint density at radius 1 is 1.23 bits per heavy atom. The summed E-state index contributed by atoms with van der Waals surface area (Å²) in [5.41, 5.74) is -0.202. The number of alkyl halides is 3. The summed E-state index contributed by atoms with van der Waals surface area (Å²) in [6.45, 7) is 6.95. The van der Waals surface area contributed by atoms with Crippen molar-refractivity contribution in [2.24, 2.45) is 11.8 Å². The van der Waals surface area contributed by atoms with Crippen LogP contribution < -0.4 is 14.8 Å². The first-order valence-electron chi connectivity index (χ1n) is 14.9. The Balaban J connectivity index is 2.16. The van der Waals surface area contributed by atoms with Crippen LogP contribution in [-0.4, -0.2) is 81.0 Å². The monoisotopic (exact) mass is 634 g/mol. The van der Waals surface area contributed by atoms with Crippen molar-refractivity contribution >= 4 is 17.8 Å². The van der Waals surface area contributed by atoms with E-state index in [2.05, 4.69) is 24.1 Å². The lowest BCUT2D eigenvalue weighted by molar-refractivity contribution is -0.163. The Hall–Kier alpha value is -3.13. The molecular formula is C30H45F3N2O9. The van der Waals surface area contributed by atoms with Gasteiger partial charge in [-0.1, -0.05) is 26.7 Å². The second-order valence-corrected chi connectivity index (χ2v) is 11.0. The van der Waals surface area contributed by atoms with Gasteiger partial charge in [0.1, 0.15) is 18.8 Å². The van der Waals surface area contributed by atoms with E-state index in [1.54, 1.807) is 13.8 Å². The van der Waals surface area contributed by atoms with E-state index in [1.807, 2.05) is 0 Å². The van der Waals surface area contributed by atoms with E-state index >= 15 is 0 Å². The molecule has 1 aromatic heterocycles. The van der Waals surface area contributed by atoms with Crippen LogP contribution in [0.25, 0.3) is 0 Å². The molecular weight excluding hydrogens is 589 g/mol. The fourth-order valence-electron chi connectivity index (χ4n) is 4.83. The summed E-state index contributed by atoms with van der Waals surface area (Å²) in [5.74, 6) is -1.71. The Kier molecular flexibility index (Phi) is 15.7. The second-order valence-electron chi connectivity index (χ2n) is 11.0. The lowest BCUT2D eigenvalue weighted by Crippen LogP contribution is -2.44. The number of cyclic esters (lactones) is 1. The van der Waals surface area contributed by atoms with Crippen LogP contribution in [0.1, 0.15) is 83.1 Å². The van der Waals surface area contributed by atoms with Crippen molar-refractivity contribution in [2.75, 3.05) is 33.7 Å². The minimum atomic E-state index is -4.28. The van der Waals surface area contributed by atoms with Gasteiger partial charge in [0.25, 0.3) is 5.91 Å². The summed E-state index contributed by atoms with van der Waals surface area (Å²) >= 11 is 0. The van der Waals surface area contributed by atoms with Gasteiger partial charge >= 0.3 is 18.1 Å². The Labute approximate surface area is 256 Å². The topological polar surface area (TPSA) is 132 Å². The third-order valence-corrected chi connectivity index (χ3v) is 7.07. The summed E-state index contributed by atoms with van der Waals surface area (Å²) in [5, 5.41) is 2.66. The van der Waals surface area contributed by atoms with Crippen LogP contribution in [0.5, 0.6) is 11.5 Å². The molecule has 1 saturated heterocycles. The zero-order valence-electron chi connectivity index (χ0n) is 26.1. The van der Waals surface area contributed by atoms with Gasteiger partial charge in [0, 0.05) is 31.9 Å². The highest BCUT2D eigenvalue weighted by Crippen LogP contribution is 2.32. The number of pyridine rings is 1. The van der Waals surface area contributed by atoms with Gasteiger partial charge in [-0.3, -0.25) is 4.79 Å². The molecule has 4 atom stereocenters. The molecule has 44 heavy (non-hydrogen) atoms. The predicted molar refractivity (Wildman–Crippen MR) is 152 cm³/mol. The zero-order valence-corrected chi connectivity index (χ0v) is 26.1. The Morgan fingerprint density at radius 2 is 1.98 bits per heavy atom. The van der Waals surface area contributed by atoms with Crippen molar-refractivity contribution in [2.45, 2.75) is 97.1 Å². The average Bonchev–Trinajstić information content (AvgIpc) is 3.01. The first-order valence-corrected chi connectivity index (χ1v) is 14.9. The maximum atomic E-state index is 13.4. The first-order chi connectivity index (χ1) is 20.9. The Morgan fingerprint density at radius 3 is 2.64 bits per heavy atom. The van der Waals surface area contributed by atoms with E-state index < -0.39 is 55.5 Å². The van der Waals surface area contributed by atoms with Crippen LogP contribution in [0.15, 0.2) is 12.3 Å². The molecule has 1 aliphatic heterocycles. The molecule has 0 bridgehead atoms. The molecule has 4 unspecified atom stereocenters. The smallest absolute Gasteiger partial charge is 0.389 e. The van der Waals surface area contributed by atoms with Gasteiger partial charge in [-0.25, -0.2) is 14.6 Å². The van der Waals surface area contributed by atoms with Crippen LogP contribution in [-0.2, 0) is 28.5 Å². The molecule has 0 spiro atoms. The van der Waals surface area contributed by atoms with E-state index in [-0.39, 0.29) is 49.2 Å². The van der Waals surface area contributed by atoms with Gasteiger partial charge in [0.2, 0.25) is 6.79 Å². The van der Waals surface area contributed by atoms with Gasteiger partial charge in [0.15, 0.2) is 17.2 Å². The third kappa shape index (κ3) is 12.8. The van der Waals surface area contributed by atoms with Crippen LogP contribution in [0.2, 0.25) is 0 Å². The number of nitrogens with zero attached hydrogens (tertiary/aromatic N) is 1. The number of ether oxygens (including phenoxy) is 6. The van der Waals surface area contributed by atoms with Crippen molar-refractivity contribution in [1.82, 2.24) is 10.3 Å². The minimum absolute atomic E-state index is 0.0500. The lowest BCUT2D eigenvalue weighted by Gasteiger charge is -2.31. The molecule has 2 heterocycles. The molecule has 1 amide bonds. The van der Waals surface area contributed by atoms with E-state index in [4.69, 9.17) is 28.4 Å². The van der Waals surface area contributed by atoms with Crippen molar-refractivity contribution in [1.29, 1.82) is 0 Å². The number of carbonyl (C=O) groups excluding carboxylic acids is 3. The molecule has 11 nitrogen and oxygen atoms in total. The van der Waals surface area contributed by atoms with Gasteiger partial charge in [-0.2, -0.15) is 13.2 Å². The van der Waals surface area contributed by atoms with E-state index in [1.165, 1.54) is 19.4 Å². The average molecular weight is 635 g/mol. The van der Waals surface area contributed by atoms with Crippen LogP contribution >= 0.6 is 0 Å². The predicted octanol–water partition coefficient (Wildman–Crippen LogP) is 5.00. The molecule has 250 valence electrons. The molecule has 1 N–H and O–H groups in total. The number of methoxy groups -OCH3 is 1. The maximum Gasteiger partial charge on any atom is 0.389 e. The highest BCUT2D eigenvalue weighted by Gasteiger charge is 2.36. The van der Waals surface area contributed by atoms with Crippen LogP contribution in [0, 0.1) is 11.8 Å². The van der Waals surface area contributed by atoms with E-state index in [0.29, 0.717) is 25.4 Å². The van der Waals surface area contributed by atoms with Crippen molar-refractivity contribution in [3.8, 4) is 11.5 Å². The summed E-state index contributed by atoms with van der Waals surface area (Å²) in [6, 6.07) is 0.417. The molecule has 1 aliphatic rings. The summed E-state index contributed by atoms with van der Waals surface area (Å²) < 4.78 is 70.4. The number of halogens is 3. The fraction of sp³-hybridized carbons (Fsp3) is 0.733.